The fourth-order valence-electron chi connectivity index (χ4n) is 1.12. The summed E-state index contributed by atoms with van der Waals surface area (Å²) in [5.41, 5.74) is 1.18. The van der Waals surface area contributed by atoms with Crippen molar-refractivity contribution in [3.63, 3.8) is 0 Å². The first kappa shape index (κ1) is 12.6. The molecule has 78 valence electrons. The van der Waals surface area contributed by atoms with Gasteiger partial charge in [0.1, 0.15) is 0 Å². The van der Waals surface area contributed by atoms with E-state index in [1.54, 1.807) is 0 Å². The van der Waals surface area contributed by atoms with Gasteiger partial charge in [-0.15, -0.1) is 0 Å². The Morgan fingerprint density at radius 3 is 2.62 bits per heavy atom. The van der Waals surface area contributed by atoms with Gasteiger partial charge < -0.3 is 9.84 Å². The molecule has 0 saturated carbocycles. The maximum Gasteiger partial charge on any atom is 0.0698 e. The standard InChI is InChI=1S/C10H21NO2/c1-9(2)8-10(3)11-4-6-13-7-5-12/h9,12H,4-8H2,1-3H3. The number of nitrogens with zero attached hydrogens (tertiary/aromatic N) is 1. The third-order valence-electron chi connectivity index (χ3n) is 1.56. The predicted octanol–water partition coefficient (Wildman–Crippen LogP) is 1.50. The molecule has 3 heteroatoms. The van der Waals surface area contributed by atoms with Crippen LogP contribution in [0.4, 0.5) is 0 Å². The Hall–Kier alpha value is -0.410. The highest BCUT2D eigenvalue weighted by Crippen LogP contribution is 2.00. The highest BCUT2D eigenvalue weighted by Gasteiger charge is 1.95. The molecule has 0 aromatic carbocycles. The van der Waals surface area contributed by atoms with Gasteiger partial charge in [-0.2, -0.15) is 0 Å². The summed E-state index contributed by atoms with van der Waals surface area (Å²) in [4.78, 5) is 4.35. The van der Waals surface area contributed by atoms with E-state index in [0.29, 0.717) is 25.7 Å². The van der Waals surface area contributed by atoms with E-state index in [-0.39, 0.29) is 6.61 Å². The number of hydrogen-bond donors (Lipinski definition) is 1. The molecule has 0 bridgehead atoms. The van der Waals surface area contributed by atoms with Gasteiger partial charge in [-0.1, -0.05) is 13.8 Å². The third kappa shape index (κ3) is 9.50. The third-order valence-corrected chi connectivity index (χ3v) is 1.56. The van der Waals surface area contributed by atoms with E-state index in [0.717, 1.165) is 6.42 Å². The Morgan fingerprint density at radius 1 is 1.38 bits per heavy atom. The van der Waals surface area contributed by atoms with Crippen LogP contribution < -0.4 is 0 Å². The predicted molar refractivity (Wildman–Crippen MR) is 55.3 cm³/mol. The molecule has 0 radical (unpaired) electrons. The van der Waals surface area contributed by atoms with E-state index < -0.39 is 0 Å². The molecule has 0 aliphatic heterocycles. The van der Waals surface area contributed by atoms with Gasteiger partial charge in [0.25, 0.3) is 0 Å². The Morgan fingerprint density at radius 2 is 2.08 bits per heavy atom. The molecule has 0 atom stereocenters. The Balaban J connectivity index is 3.36. The Bertz CT molecular complexity index is 144. The molecule has 0 aliphatic carbocycles. The fraction of sp³-hybridized carbons (Fsp3) is 0.900. The number of rotatable bonds is 7. The number of hydrogen-bond acceptors (Lipinski definition) is 3. The number of ether oxygens (including phenoxy) is 1. The zero-order valence-electron chi connectivity index (χ0n) is 8.92. The number of aliphatic hydroxyl groups is 1. The maximum absolute atomic E-state index is 8.43. The minimum atomic E-state index is 0.0920. The average molecular weight is 187 g/mol. The second kappa shape index (κ2) is 8.20. The van der Waals surface area contributed by atoms with Crippen molar-refractivity contribution in [2.75, 3.05) is 26.4 Å². The normalized spacial score (nSPS) is 12.5. The highest BCUT2D eigenvalue weighted by molar-refractivity contribution is 5.82. The lowest BCUT2D eigenvalue weighted by molar-refractivity contribution is 0.0978. The summed E-state index contributed by atoms with van der Waals surface area (Å²) in [6.45, 7) is 8.23. The SMILES string of the molecule is CC(CC(C)C)=NCCOCCO. The van der Waals surface area contributed by atoms with Crippen molar-refractivity contribution >= 4 is 5.71 Å². The number of aliphatic hydroxyl groups excluding tert-OH is 1. The summed E-state index contributed by atoms with van der Waals surface area (Å²) in [6.07, 6.45) is 1.06. The molecule has 0 aliphatic rings. The molecule has 0 aromatic rings. The molecule has 0 rings (SSSR count). The molecule has 0 aromatic heterocycles. The Labute approximate surface area is 80.8 Å². The lowest BCUT2D eigenvalue weighted by Crippen LogP contribution is -2.05. The van der Waals surface area contributed by atoms with Crippen LogP contribution in [0.25, 0.3) is 0 Å². The molecular formula is C10H21NO2. The lowest BCUT2D eigenvalue weighted by Gasteiger charge is -2.04. The average Bonchev–Trinajstić information content (AvgIpc) is 2.02. The second-order valence-electron chi connectivity index (χ2n) is 3.55. The minimum Gasteiger partial charge on any atom is -0.394 e. The monoisotopic (exact) mass is 187 g/mol. The van der Waals surface area contributed by atoms with Gasteiger partial charge in [-0.05, 0) is 19.3 Å². The van der Waals surface area contributed by atoms with E-state index >= 15 is 0 Å². The maximum atomic E-state index is 8.43. The summed E-state index contributed by atoms with van der Waals surface area (Å²) in [7, 11) is 0. The van der Waals surface area contributed by atoms with E-state index in [2.05, 4.69) is 18.8 Å². The molecule has 3 nitrogen and oxygen atoms in total. The summed E-state index contributed by atoms with van der Waals surface area (Å²) in [6, 6.07) is 0. The van der Waals surface area contributed by atoms with Crippen LogP contribution in [0.2, 0.25) is 0 Å². The molecular weight excluding hydrogens is 166 g/mol. The molecule has 1 N–H and O–H groups in total. The van der Waals surface area contributed by atoms with Crippen molar-refractivity contribution in [3.8, 4) is 0 Å². The van der Waals surface area contributed by atoms with E-state index in [1.165, 1.54) is 5.71 Å². The summed E-state index contributed by atoms with van der Waals surface area (Å²) in [5.74, 6) is 0.669. The second-order valence-corrected chi connectivity index (χ2v) is 3.55. The largest absolute Gasteiger partial charge is 0.394 e. The van der Waals surface area contributed by atoms with Crippen LogP contribution in [0.3, 0.4) is 0 Å². The van der Waals surface area contributed by atoms with Crippen molar-refractivity contribution in [3.05, 3.63) is 0 Å². The van der Waals surface area contributed by atoms with Crippen molar-refractivity contribution in [1.82, 2.24) is 0 Å². The molecule has 0 spiro atoms. The first-order valence-electron chi connectivity index (χ1n) is 4.85. The van der Waals surface area contributed by atoms with Crippen LogP contribution in [0.1, 0.15) is 27.2 Å². The van der Waals surface area contributed by atoms with E-state index in [9.17, 15) is 0 Å². The first-order chi connectivity index (χ1) is 6.16. The van der Waals surface area contributed by atoms with Gasteiger partial charge in [0, 0.05) is 5.71 Å². The van der Waals surface area contributed by atoms with Crippen molar-refractivity contribution in [2.24, 2.45) is 10.9 Å². The quantitative estimate of drug-likeness (QED) is 0.485. The Kier molecular flexibility index (Phi) is 7.94. The summed E-state index contributed by atoms with van der Waals surface area (Å²) in [5, 5.41) is 8.43. The van der Waals surface area contributed by atoms with Crippen LogP contribution in [-0.2, 0) is 4.74 Å². The van der Waals surface area contributed by atoms with Crippen molar-refractivity contribution < 1.29 is 9.84 Å². The highest BCUT2D eigenvalue weighted by atomic mass is 16.5. The van der Waals surface area contributed by atoms with Crippen molar-refractivity contribution in [2.45, 2.75) is 27.2 Å². The lowest BCUT2D eigenvalue weighted by atomic mass is 10.1. The molecule has 0 unspecified atom stereocenters. The summed E-state index contributed by atoms with van der Waals surface area (Å²) >= 11 is 0. The molecule has 0 heterocycles. The van der Waals surface area contributed by atoms with E-state index in [1.807, 2.05) is 6.92 Å². The molecule has 13 heavy (non-hydrogen) atoms. The van der Waals surface area contributed by atoms with Gasteiger partial charge in [-0.3, -0.25) is 4.99 Å². The topological polar surface area (TPSA) is 41.8 Å². The van der Waals surface area contributed by atoms with Gasteiger partial charge in [0.15, 0.2) is 0 Å². The van der Waals surface area contributed by atoms with Crippen LogP contribution in [0.15, 0.2) is 4.99 Å². The fourth-order valence-corrected chi connectivity index (χ4v) is 1.12. The zero-order valence-corrected chi connectivity index (χ0v) is 8.92. The van der Waals surface area contributed by atoms with Crippen LogP contribution in [0, 0.1) is 5.92 Å². The van der Waals surface area contributed by atoms with E-state index in [4.69, 9.17) is 9.84 Å². The smallest absolute Gasteiger partial charge is 0.0698 e. The molecule has 0 amide bonds. The zero-order chi connectivity index (χ0) is 10.1. The minimum absolute atomic E-state index is 0.0920. The summed E-state index contributed by atoms with van der Waals surface area (Å²) < 4.78 is 5.08. The molecule has 0 fully saturated rings. The van der Waals surface area contributed by atoms with Gasteiger partial charge in [0.2, 0.25) is 0 Å². The first-order valence-corrected chi connectivity index (χ1v) is 4.85. The van der Waals surface area contributed by atoms with Crippen LogP contribution in [0.5, 0.6) is 0 Å². The van der Waals surface area contributed by atoms with Crippen LogP contribution >= 0.6 is 0 Å². The molecule has 0 saturated heterocycles. The number of aliphatic imine (C=N–C) groups is 1. The van der Waals surface area contributed by atoms with Gasteiger partial charge in [-0.25, -0.2) is 0 Å². The van der Waals surface area contributed by atoms with Gasteiger partial charge in [0.05, 0.1) is 26.4 Å². The van der Waals surface area contributed by atoms with Crippen molar-refractivity contribution in [1.29, 1.82) is 0 Å². The van der Waals surface area contributed by atoms with Crippen LogP contribution in [-0.4, -0.2) is 37.2 Å². The van der Waals surface area contributed by atoms with Gasteiger partial charge >= 0.3 is 0 Å².